The van der Waals surface area contributed by atoms with E-state index in [1.807, 2.05) is 54.8 Å². The number of aryl methyl sites for hydroxylation is 1. The van der Waals surface area contributed by atoms with Crippen LogP contribution >= 0.6 is 23.6 Å². The summed E-state index contributed by atoms with van der Waals surface area (Å²) in [6.45, 7) is 2.58. The molecule has 0 fully saturated rings. The fourth-order valence-electron chi connectivity index (χ4n) is 3.50. The van der Waals surface area contributed by atoms with Crippen molar-refractivity contribution >= 4 is 45.5 Å². The standard InChI is InChI=1S/C24H24N4O2S2/c1-16-10-12-17(13-11-16)20-15-32-23(25-20)27-21(29)9-3-2-6-14-28-22(30)18-7-4-5-8-19(18)26-24(28)31/h4-5,7-8,10-13,15H,2-3,6,9,14H2,1H3,(H,26,31)(H,25,27,29). The summed E-state index contributed by atoms with van der Waals surface area (Å²) in [5.41, 5.74) is 3.78. The Kier molecular flexibility index (Phi) is 6.92. The van der Waals surface area contributed by atoms with Gasteiger partial charge in [-0.25, -0.2) is 4.98 Å². The van der Waals surface area contributed by atoms with Gasteiger partial charge in [-0.1, -0.05) is 48.4 Å². The number of hydrogen-bond donors (Lipinski definition) is 2. The van der Waals surface area contributed by atoms with Gasteiger partial charge in [0.05, 0.1) is 16.6 Å². The molecule has 0 bridgehead atoms. The van der Waals surface area contributed by atoms with Crippen LogP contribution in [0.25, 0.3) is 22.2 Å². The average Bonchev–Trinajstić information content (AvgIpc) is 3.24. The number of rotatable bonds is 8. The van der Waals surface area contributed by atoms with Crippen molar-refractivity contribution in [3.63, 3.8) is 0 Å². The van der Waals surface area contributed by atoms with Crippen LogP contribution in [-0.4, -0.2) is 20.4 Å². The number of fused-ring (bicyclic) bond motifs is 1. The normalized spacial score (nSPS) is 11.0. The van der Waals surface area contributed by atoms with Crippen molar-refractivity contribution in [3.05, 3.63) is 74.6 Å². The zero-order valence-electron chi connectivity index (χ0n) is 17.8. The topological polar surface area (TPSA) is 79.8 Å². The van der Waals surface area contributed by atoms with Crippen molar-refractivity contribution in [2.45, 2.75) is 39.2 Å². The van der Waals surface area contributed by atoms with Crippen LogP contribution < -0.4 is 10.9 Å². The number of benzene rings is 2. The number of aromatic nitrogens is 3. The molecule has 6 nitrogen and oxygen atoms in total. The predicted octanol–water partition coefficient (Wildman–Crippen LogP) is 5.69. The molecule has 0 spiro atoms. The Morgan fingerprint density at radius 2 is 1.91 bits per heavy atom. The third-order valence-electron chi connectivity index (χ3n) is 5.27. The molecule has 2 N–H and O–H groups in total. The molecular formula is C24H24N4O2S2. The van der Waals surface area contributed by atoms with Gasteiger partial charge in [-0.05, 0) is 44.1 Å². The molecule has 0 aliphatic carbocycles. The molecule has 32 heavy (non-hydrogen) atoms. The summed E-state index contributed by atoms with van der Waals surface area (Å²) >= 11 is 6.77. The van der Waals surface area contributed by atoms with E-state index in [9.17, 15) is 9.59 Å². The minimum atomic E-state index is -0.0738. The maximum atomic E-state index is 12.7. The zero-order valence-corrected chi connectivity index (χ0v) is 19.4. The van der Waals surface area contributed by atoms with Crippen molar-refractivity contribution < 1.29 is 4.79 Å². The first-order valence-electron chi connectivity index (χ1n) is 10.6. The van der Waals surface area contributed by atoms with Gasteiger partial charge in [0.25, 0.3) is 5.56 Å². The lowest BCUT2D eigenvalue weighted by Gasteiger charge is -2.08. The maximum absolute atomic E-state index is 12.7. The highest BCUT2D eigenvalue weighted by atomic mass is 32.1. The molecule has 0 saturated carbocycles. The van der Waals surface area contributed by atoms with Gasteiger partial charge in [0.1, 0.15) is 0 Å². The molecule has 0 aliphatic heterocycles. The summed E-state index contributed by atoms with van der Waals surface area (Å²) in [5.74, 6) is -0.0463. The van der Waals surface area contributed by atoms with Crippen molar-refractivity contribution in [3.8, 4) is 11.3 Å². The van der Waals surface area contributed by atoms with E-state index in [2.05, 4.69) is 15.3 Å². The minimum absolute atomic E-state index is 0.0463. The molecule has 4 rings (SSSR count). The first-order chi connectivity index (χ1) is 15.5. The molecule has 2 heterocycles. The third kappa shape index (κ3) is 5.20. The van der Waals surface area contributed by atoms with E-state index in [4.69, 9.17) is 12.2 Å². The first kappa shape index (κ1) is 22.1. The number of carbonyl (C=O) groups is 1. The number of unbranched alkanes of at least 4 members (excludes halogenated alkanes) is 2. The van der Waals surface area contributed by atoms with Gasteiger partial charge in [-0.3, -0.25) is 14.2 Å². The Labute approximate surface area is 195 Å². The molecule has 0 atom stereocenters. The van der Waals surface area contributed by atoms with Crippen LogP contribution in [0.4, 0.5) is 5.13 Å². The highest BCUT2D eigenvalue weighted by Crippen LogP contribution is 2.25. The summed E-state index contributed by atoms with van der Waals surface area (Å²) < 4.78 is 2.03. The van der Waals surface area contributed by atoms with Gasteiger partial charge in [0, 0.05) is 23.9 Å². The highest BCUT2D eigenvalue weighted by molar-refractivity contribution is 7.71. The largest absolute Gasteiger partial charge is 0.332 e. The Morgan fingerprint density at radius 3 is 2.72 bits per heavy atom. The molecule has 2 aromatic heterocycles. The second-order valence-electron chi connectivity index (χ2n) is 7.70. The van der Waals surface area contributed by atoms with Gasteiger partial charge in [0.15, 0.2) is 9.90 Å². The van der Waals surface area contributed by atoms with E-state index >= 15 is 0 Å². The SMILES string of the molecule is Cc1ccc(-c2csc(NC(=O)CCCCCn3c(=S)[nH]c4ccccc4c3=O)n2)cc1. The molecule has 0 unspecified atom stereocenters. The molecule has 2 aromatic carbocycles. The van der Waals surface area contributed by atoms with Gasteiger partial charge < -0.3 is 10.3 Å². The number of para-hydroxylation sites is 1. The summed E-state index contributed by atoms with van der Waals surface area (Å²) in [7, 11) is 0. The molecule has 1 amide bonds. The first-order valence-corrected chi connectivity index (χ1v) is 11.8. The van der Waals surface area contributed by atoms with Crippen molar-refractivity contribution in [2.75, 3.05) is 5.32 Å². The predicted molar refractivity (Wildman–Crippen MR) is 133 cm³/mol. The number of anilines is 1. The Bertz CT molecular complexity index is 1350. The number of aromatic amines is 1. The lowest BCUT2D eigenvalue weighted by Crippen LogP contribution is -2.22. The van der Waals surface area contributed by atoms with E-state index in [1.54, 1.807) is 10.6 Å². The van der Waals surface area contributed by atoms with Crippen LogP contribution in [-0.2, 0) is 11.3 Å². The van der Waals surface area contributed by atoms with E-state index < -0.39 is 0 Å². The van der Waals surface area contributed by atoms with Crippen LogP contribution in [0.3, 0.4) is 0 Å². The van der Waals surface area contributed by atoms with Crippen LogP contribution in [0.15, 0.2) is 58.7 Å². The summed E-state index contributed by atoms with van der Waals surface area (Å²) in [6, 6.07) is 15.5. The number of amides is 1. The number of carbonyl (C=O) groups excluding carboxylic acids is 1. The number of thiazole rings is 1. The van der Waals surface area contributed by atoms with Crippen molar-refractivity contribution in [1.82, 2.24) is 14.5 Å². The quantitative estimate of drug-likeness (QED) is 0.259. The molecule has 0 saturated heterocycles. The number of H-pyrrole nitrogens is 1. The fourth-order valence-corrected chi connectivity index (χ4v) is 4.52. The zero-order chi connectivity index (χ0) is 22.5. The summed E-state index contributed by atoms with van der Waals surface area (Å²) in [6.07, 6.45) is 2.76. The molecule has 4 aromatic rings. The number of nitrogens with one attached hydrogen (secondary N) is 2. The molecule has 164 valence electrons. The summed E-state index contributed by atoms with van der Waals surface area (Å²) in [4.78, 5) is 32.5. The minimum Gasteiger partial charge on any atom is -0.332 e. The average molecular weight is 465 g/mol. The Morgan fingerprint density at radius 1 is 1.12 bits per heavy atom. The monoisotopic (exact) mass is 464 g/mol. The van der Waals surface area contributed by atoms with Gasteiger partial charge in [-0.2, -0.15) is 0 Å². The fraction of sp³-hybridized carbons (Fsp3) is 0.250. The van der Waals surface area contributed by atoms with Gasteiger partial charge >= 0.3 is 0 Å². The van der Waals surface area contributed by atoms with E-state index in [-0.39, 0.29) is 11.5 Å². The lowest BCUT2D eigenvalue weighted by atomic mass is 10.1. The van der Waals surface area contributed by atoms with Gasteiger partial charge in [-0.15, -0.1) is 11.3 Å². The van der Waals surface area contributed by atoms with E-state index in [1.165, 1.54) is 16.9 Å². The van der Waals surface area contributed by atoms with Crippen LogP contribution in [0.2, 0.25) is 0 Å². The smallest absolute Gasteiger partial charge is 0.262 e. The summed E-state index contributed by atoms with van der Waals surface area (Å²) in [5, 5.41) is 6.08. The van der Waals surface area contributed by atoms with Crippen LogP contribution in [0.1, 0.15) is 31.2 Å². The van der Waals surface area contributed by atoms with Crippen molar-refractivity contribution in [1.29, 1.82) is 0 Å². The molecule has 0 radical (unpaired) electrons. The number of hydrogen-bond acceptors (Lipinski definition) is 5. The number of nitrogens with zero attached hydrogens (tertiary/aromatic N) is 2. The van der Waals surface area contributed by atoms with Crippen LogP contribution in [0.5, 0.6) is 0 Å². The third-order valence-corrected chi connectivity index (χ3v) is 6.35. The molecule has 8 heteroatoms. The second-order valence-corrected chi connectivity index (χ2v) is 8.94. The van der Waals surface area contributed by atoms with Crippen molar-refractivity contribution in [2.24, 2.45) is 0 Å². The Balaban J connectivity index is 1.25. The lowest BCUT2D eigenvalue weighted by molar-refractivity contribution is -0.116. The van der Waals surface area contributed by atoms with E-state index in [0.29, 0.717) is 28.3 Å². The highest BCUT2D eigenvalue weighted by Gasteiger charge is 2.09. The molecule has 0 aliphatic rings. The molecular weight excluding hydrogens is 440 g/mol. The van der Waals surface area contributed by atoms with Crippen LogP contribution in [0, 0.1) is 11.7 Å². The maximum Gasteiger partial charge on any atom is 0.262 e. The second kappa shape index (κ2) is 10.0. The van der Waals surface area contributed by atoms with Gasteiger partial charge in [0.2, 0.25) is 5.91 Å². The van der Waals surface area contributed by atoms with E-state index in [0.717, 1.165) is 36.0 Å². The Hall–Kier alpha value is -3.10.